The van der Waals surface area contributed by atoms with E-state index in [-0.39, 0.29) is 12.0 Å². The average Bonchev–Trinajstić information content (AvgIpc) is 3.17. The van der Waals surface area contributed by atoms with E-state index in [0.29, 0.717) is 25.9 Å². The van der Waals surface area contributed by atoms with Crippen molar-refractivity contribution in [2.75, 3.05) is 27.3 Å². The maximum atomic E-state index is 11.4. The smallest absolute Gasteiger partial charge is 0.306 e. The third-order valence-corrected chi connectivity index (χ3v) is 6.61. The number of piperidine rings is 1. The molecule has 1 aliphatic rings. The second-order valence-electron chi connectivity index (χ2n) is 7.18. The summed E-state index contributed by atoms with van der Waals surface area (Å²) in [6.45, 7) is 1.38. The molecular formula is C22H24N2O4S. The first-order valence-corrected chi connectivity index (χ1v) is 10.5. The van der Waals surface area contributed by atoms with Crippen LogP contribution < -0.4 is 9.47 Å². The summed E-state index contributed by atoms with van der Waals surface area (Å²) in [7, 11) is 3.31. The number of thiazole rings is 1. The van der Waals surface area contributed by atoms with Crippen LogP contribution in [0.2, 0.25) is 0 Å². The number of aromatic nitrogens is 1. The summed E-state index contributed by atoms with van der Waals surface area (Å²) in [5, 5.41) is 10.4. The second-order valence-corrected chi connectivity index (χ2v) is 8.24. The average molecular weight is 413 g/mol. The number of rotatable bonds is 6. The normalized spacial score (nSPS) is 16.6. The van der Waals surface area contributed by atoms with Crippen molar-refractivity contribution >= 4 is 27.5 Å². The van der Waals surface area contributed by atoms with E-state index in [2.05, 4.69) is 11.0 Å². The standard InChI is InChI=1S/C22H24N2O4S/c1-27-15-7-8-18(28-2)16(13-15)20(24-11-9-14(10-12-24)22(25)26)21-23-17-5-3-4-6-19(17)29-21/h3-8,13-14,20H,9-12H2,1-2H3,(H,25,26). The van der Waals surface area contributed by atoms with Gasteiger partial charge in [0.25, 0.3) is 0 Å². The molecule has 0 spiro atoms. The lowest BCUT2D eigenvalue weighted by molar-refractivity contribution is -0.143. The number of methoxy groups -OCH3 is 2. The summed E-state index contributed by atoms with van der Waals surface area (Å²) in [5.74, 6) is 0.539. The van der Waals surface area contributed by atoms with Crippen molar-refractivity contribution in [1.82, 2.24) is 9.88 Å². The van der Waals surface area contributed by atoms with Gasteiger partial charge in [0.2, 0.25) is 0 Å². The summed E-state index contributed by atoms with van der Waals surface area (Å²) in [5.41, 5.74) is 1.96. The lowest BCUT2D eigenvalue weighted by atomic mass is 9.94. The van der Waals surface area contributed by atoms with Crippen molar-refractivity contribution < 1.29 is 19.4 Å². The maximum absolute atomic E-state index is 11.4. The maximum Gasteiger partial charge on any atom is 0.306 e. The van der Waals surface area contributed by atoms with Gasteiger partial charge in [0.15, 0.2) is 0 Å². The molecule has 0 radical (unpaired) electrons. The molecule has 3 aromatic rings. The predicted molar refractivity (Wildman–Crippen MR) is 113 cm³/mol. The molecule has 2 aromatic carbocycles. The van der Waals surface area contributed by atoms with Crippen LogP contribution >= 0.6 is 11.3 Å². The molecule has 1 fully saturated rings. The van der Waals surface area contributed by atoms with Gasteiger partial charge in [-0.05, 0) is 56.3 Å². The molecule has 4 rings (SSSR count). The molecule has 1 aromatic heterocycles. The Kier molecular flexibility index (Phi) is 5.69. The zero-order valence-corrected chi connectivity index (χ0v) is 17.3. The van der Waals surface area contributed by atoms with Crippen LogP contribution in [0.3, 0.4) is 0 Å². The first-order valence-electron chi connectivity index (χ1n) is 9.65. The highest BCUT2D eigenvalue weighted by Gasteiger charge is 2.33. The number of para-hydroxylation sites is 1. The summed E-state index contributed by atoms with van der Waals surface area (Å²) in [6.07, 6.45) is 1.26. The highest BCUT2D eigenvalue weighted by Crippen LogP contribution is 2.41. The number of carboxylic acids is 1. The number of likely N-dealkylation sites (tertiary alicyclic amines) is 1. The Hall–Kier alpha value is -2.64. The zero-order chi connectivity index (χ0) is 20.4. The molecule has 0 saturated carbocycles. The van der Waals surface area contributed by atoms with Gasteiger partial charge in [-0.3, -0.25) is 9.69 Å². The van der Waals surface area contributed by atoms with E-state index in [1.165, 1.54) is 0 Å². The molecule has 1 unspecified atom stereocenters. The number of hydrogen-bond donors (Lipinski definition) is 1. The molecule has 1 atom stereocenters. The number of ether oxygens (including phenoxy) is 2. The van der Waals surface area contributed by atoms with Crippen LogP contribution in [0.1, 0.15) is 29.5 Å². The minimum Gasteiger partial charge on any atom is -0.497 e. The van der Waals surface area contributed by atoms with E-state index in [9.17, 15) is 9.90 Å². The van der Waals surface area contributed by atoms with Crippen LogP contribution in [0.15, 0.2) is 42.5 Å². The van der Waals surface area contributed by atoms with Crippen molar-refractivity contribution in [3.05, 3.63) is 53.0 Å². The van der Waals surface area contributed by atoms with E-state index >= 15 is 0 Å². The molecule has 152 valence electrons. The van der Waals surface area contributed by atoms with Crippen LogP contribution in [0.25, 0.3) is 10.2 Å². The summed E-state index contributed by atoms with van der Waals surface area (Å²) in [4.78, 5) is 18.6. The van der Waals surface area contributed by atoms with E-state index in [4.69, 9.17) is 14.5 Å². The Bertz CT molecular complexity index is 978. The largest absolute Gasteiger partial charge is 0.497 e. The van der Waals surface area contributed by atoms with E-state index in [1.807, 2.05) is 36.4 Å². The highest BCUT2D eigenvalue weighted by molar-refractivity contribution is 7.18. The fourth-order valence-corrected chi connectivity index (χ4v) is 5.07. The van der Waals surface area contributed by atoms with Gasteiger partial charge < -0.3 is 14.6 Å². The molecule has 6 nitrogen and oxygen atoms in total. The third kappa shape index (κ3) is 3.93. The van der Waals surface area contributed by atoms with Crippen molar-refractivity contribution in [1.29, 1.82) is 0 Å². The van der Waals surface area contributed by atoms with Crippen LogP contribution in [0.4, 0.5) is 0 Å². The van der Waals surface area contributed by atoms with Crippen LogP contribution in [-0.4, -0.2) is 48.3 Å². The van der Waals surface area contributed by atoms with Gasteiger partial charge in [-0.2, -0.15) is 0 Å². The van der Waals surface area contributed by atoms with Gasteiger partial charge in [-0.25, -0.2) is 4.98 Å². The highest BCUT2D eigenvalue weighted by atomic mass is 32.1. The number of carbonyl (C=O) groups is 1. The molecule has 1 aliphatic heterocycles. The van der Waals surface area contributed by atoms with E-state index < -0.39 is 5.97 Å². The van der Waals surface area contributed by atoms with Crippen molar-refractivity contribution in [3.8, 4) is 11.5 Å². The van der Waals surface area contributed by atoms with Crippen LogP contribution in [-0.2, 0) is 4.79 Å². The SMILES string of the molecule is COc1ccc(OC)c(C(c2nc3ccccc3s2)N2CCC(C(=O)O)CC2)c1. The molecule has 7 heteroatoms. The number of benzene rings is 2. The van der Waals surface area contributed by atoms with Gasteiger partial charge in [-0.1, -0.05) is 12.1 Å². The molecule has 29 heavy (non-hydrogen) atoms. The lowest BCUT2D eigenvalue weighted by Gasteiger charge is -2.36. The summed E-state index contributed by atoms with van der Waals surface area (Å²) in [6, 6.07) is 13.8. The van der Waals surface area contributed by atoms with Crippen LogP contribution in [0, 0.1) is 5.92 Å². The fourth-order valence-electron chi connectivity index (χ4n) is 3.95. The number of aliphatic carboxylic acids is 1. The third-order valence-electron chi connectivity index (χ3n) is 5.52. The molecule has 1 N–H and O–H groups in total. The minimum atomic E-state index is -0.708. The fraction of sp³-hybridized carbons (Fsp3) is 0.364. The van der Waals surface area contributed by atoms with Gasteiger partial charge in [0, 0.05) is 5.56 Å². The Balaban J connectivity index is 1.78. The first-order chi connectivity index (χ1) is 14.1. The Labute approximate surface area is 173 Å². The molecule has 0 bridgehead atoms. The molecular weight excluding hydrogens is 388 g/mol. The minimum absolute atomic E-state index is 0.118. The van der Waals surface area contributed by atoms with Gasteiger partial charge in [0.05, 0.1) is 36.4 Å². The van der Waals surface area contributed by atoms with Crippen molar-refractivity contribution in [2.45, 2.75) is 18.9 Å². The van der Waals surface area contributed by atoms with Crippen molar-refractivity contribution in [3.63, 3.8) is 0 Å². The number of hydrogen-bond acceptors (Lipinski definition) is 6. The van der Waals surface area contributed by atoms with E-state index in [0.717, 1.165) is 32.3 Å². The van der Waals surface area contributed by atoms with Gasteiger partial charge in [-0.15, -0.1) is 11.3 Å². The Morgan fingerprint density at radius 2 is 1.93 bits per heavy atom. The predicted octanol–water partition coefficient (Wildman–Crippen LogP) is 4.20. The quantitative estimate of drug-likeness (QED) is 0.654. The van der Waals surface area contributed by atoms with Crippen LogP contribution in [0.5, 0.6) is 11.5 Å². The number of nitrogens with zero attached hydrogens (tertiary/aromatic N) is 2. The second kappa shape index (κ2) is 8.39. The number of fused-ring (bicyclic) bond motifs is 1. The van der Waals surface area contributed by atoms with Gasteiger partial charge in [0.1, 0.15) is 16.5 Å². The molecule has 0 amide bonds. The van der Waals surface area contributed by atoms with Gasteiger partial charge >= 0.3 is 5.97 Å². The zero-order valence-electron chi connectivity index (χ0n) is 16.5. The molecule has 2 heterocycles. The molecule has 0 aliphatic carbocycles. The van der Waals surface area contributed by atoms with E-state index in [1.54, 1.807) is 25.6 Å². The summed E-state index contributed by atoms with van der Waals surface area (Å²) < 4.78 is 12.3. The number of carboxylic acid groups (broad SMARTS) is 1. The topological polar surface area (TPSA) is 71.9 Å². The Morgan fingerprint density at radius 1 is 1.17 bits per heavy atom. The lowest BCUT2D eigenvalue weighted by Crippen LogP contribution is -2.39. The monoisotopic (exact) mass is 412 g/mol. The summed E-state index contributed by atoms with van der Waals surface area (Å²) >= 11 is 1.67. The van der Waals surface area contributed by atoms with Crippen molar-refractivity contribution in [2.24, 2.45) is 5.92 Å². The first kappa shape index (κ1) is 19.7. The Morgan fingerprint density at radius 3 is 2.59 bits per heavy atom. The molecule has 1 saturated heterocycles.